The number of hydrogen-bond donors (Lipinski definition) is 1. The molecule has 1 unspecified atom stereocenters. The molecule has 0 radical (unpaired) electrons. The number of ether oxygens (including phenoxy) is 2. The second kappa shape index (κ2) is 6.93. The van der Waals surface area contributed by atoms with Crippen molar-refractivity contribution in [2.24, 2.45) is 0 Å². The molecule has 0 aromatic rings. The predicted molar refractivity (Wildman–Crippen MR) is 66.0 cm³/mol. The summed E-state index contributed by atoms with van der Waals surface area (Å²) >= 11 is 0. The van der Waals surface area contributed by atoms with Crippen molar-refractivity contribution in [2.45, 2.75) is 25.3 Å². The van der Waals surface area contributed by atoms with E-state index in [4.69, 9.17) is 9.47 Å². The molecule has 0 aromatic carbocycles. The SMILES string of the molecule is COCCC(C)(C(=O)OC)N1CCCNCC1. The van der Waals surface area contributed by atoms with E-state index in [-0.39, 0.29) is 5.97 Å². The monoisotopic (exact) mass is 244 g/mol. The van der Waals surface area contributed by atoms with Crippen molar-refractivity contribution in [3.8, 4) is 0 Å². The minimum absolute atomic E-state index is 0.170. The van der Waals surface area contributed by atoms with Crippen molar-refractivity contribution < 1.29 is 14.3 Å². The van der Waals surface area contributed by atoms with Crippen molar-refractivity contribution in [1.82, 2.24) is 10.2 Å². The van der Waals surface area contributed by atoms with Gasteiger partial charge >= 0.3 is 5.97 Å². The maximum atomic E-state index is 12.0. The molecule has 1 saturated heterocycles. The van der Waals surface area contributed by atoms with E-state index in [1.54, 1.807) is 7.11 Å². The van der Waals surface area contributed by atoms with E-state index < -0.39 is 5.54 Å². The average molecular weight is 244 g/mol. The molecule has 1 N–H and O–H groups in total. The van der Waals surface area contributed by atoms with Gasteiger partial charge in [-0.2, -0.15) is 0 Å². The third-order valence-corrected chi connectivity index (χ3v) is 3.46. The first-order valence-corrected chi connectivity index (χ1v) is 6.18. The Morgan fingerprint density at radius 2 is 2.12 bits per heavy atom. The Bertz CT molecular complexity index is 240. The summed E-state index contributed by atoms with van der Waals surface area (Å²) in [6.07, 6.45) is 1.72. The van der Waals surface area contributed by atoms with Gasteiger partial charge < -0.3 is 14.8 Å². The Morgan fingerprint density at radius 1 is 1.35 bits per heavy atom. The van der Waals surface area contributed by atoms with Crippen LogP contribution in [0, 0.1) is 0 Å². The van der Waals surface area contributed by atoms with Gasteiger partial charge in [0.2, 0.25) is 0 Å². The number of hydrogen-bond acceptors (Lipinski definition) is 5. The highest BCUT2D eigenvalue weighted by Crippen LogP contribution is 2.22. The van der Waals surface area contributed by atoms with Crippen LogP contribution < -0.4 is 5.32 Å². The largest absolute Gasteiger partial charge is 0.468 e. The zero-order valence-electron chi connectivity index (χ0n) is 11.1. The quantitative estimate of drug-likeness (QED) is 0.703. The highest BCUT2D eigenvalue weighted by atomic mass is 16.5. The van der Waals surface area contributed by atoms with E-state index in [0.717, 1.165) is 32.6 Å². The number of methoxy groups -OCH3 is 2. The maximum Gasteiger partial charge on any atom is 0.326 e. The zero-order valence-corrected chi connectivity index (χ0v) is 11.1. The van der Waals surface area contributed by atoms with Crippen molar-refractivity contribution >= 4 is 5.97 Å². The van der Waals surface area contributed by atoms with Crippen molar-refractivity contribution in [3.05, 3.63) is 0 Å². The van der Waals surface area contributed by atoms with Crippen LogP contribution in [0.15, 0.2) is 0 Å². The molecule has 0 aliphatic carbocycles. The molecule has 100 valence electrons. The zero-order chi connectivity index (χ0) is 12.7. The van der Waals surface area contributed by atoms with Gasteiger partial charge in [-0.25, -0.2) is 0 Å². The van der Waals surface area contributed by atoms with Crippen molar-refractivity contribution in [3.63, 3.8) is 0 Å². The van der Waals surface area contributed by atoms with Crippen LogP contribution in [0.3, 0.4) is 0 Å². The highest BCUT2D eigenvalue weighted by Gasteiger charge is 2.40. The summed E-state index contributed by atoms with van der Waals surface area (Å²) in [6.45, 7) is 6.23. The van der Waals surface area contributed by atoms with Crippen molar-refractivity contribution in [1.29, 1.82) is 0 Å². The Balaban J connectivity index is 2.75. The summed E-state index contributed by atoms with van der Waals surface area (Å²) in [5.74, 6) is -0.170. The second-order valence-corrected chi connectivity index (χ2v) is 4.60. The summed E-state index contributed by atoms with van der Waals surface area (Å²) in [6, 6.07) is 0. The minimum atomic E-state index is -0.573. The molecular weight excluding hydrogens is 220 g/mol. The summed E-state index contributed by atoms with van der Waals surface area (Å²) in [7, 11) is 3.10. The fraction of sp³-hybridized carbons (Fsp3) is 0.917. The van der Waals surface area contributed by atoms with Gasteiger partial charge in [-0.15, -0.1) is 0 Å². The van der Waals surface area contributed by atoms with Crippen LogP contribution in [0.1, 0.15) is 19.8 Å². The van der Waals surface area contributed by atoms with Gasteiger partial charge in [0.1, 0.15) is 5.54 Å². The van der Waals surface area contributed by atoms with Gasteiger partial charge in [0, 0.05) is 33.4 Å². The van der Waals surface area contributed by atoms with Gasteiger partial charge in [0.15, 0.2) is 0 Å². The number of nitrogens with one attached hydrogen (secondary N) is 1. The van der Waals surface area contributed by atoms with Gasteiger partial charge in [0.25, 0.3) is 0 Å². The van der Waals surface area contributed by atoms with E-state index in [9.17, 15) is 4.79 Å². The standard InChI is InChI=1S/C12H24N2O3/c1-12(5-10-16-2,11(15)17-3)14-8-4-6-13-7-9-14/h13H,4-10H2,1-3H3. The van der Waals surface area contributed by atoms with Gasteiger partial charge in [-0.1, -0.05) is 0 Å². The molecule has 1 heterocycles. The number of carbonyl (C=O) groups is 1. The van der Waals surface area contributed by atoms with E-state index in [1.807, 2.05) is 6.92 Å². The van der Waals surface area contributed by atoms with Crippen LogP contribution >= 0.6 is 0 Å². The summed E-state index contributed by atoms with van der Waals surface area (Å²) in [5.41, 5.74) is -0.573. The fourth-order valence-electron chi connectivity index (χ4n) is 2.25. The Morgan fingerprint density at radius 3 is 2.76 bits per heavy atom. The molecule has 0 saturated carbocycles. The topological polar surface area (TPSA) is 50.8 Å². The Hall–Kier alpha value is -0.650. The number of nitrogens with zero attached hydrogens (tertiary/aromatic N) is 1. The Kier molecular flexibility index (Phi) is 5.88. The van der Waals surface area contributed by atoms with Crippen LogP contribution in [0.4, 0.5) is 0 Å². The molecule has 1 fully saturated rings. The molecule has 5 heteroatoms. The van der Waals surface area contributed by atoms with Crippen LogP contribution in [0.25, 0.3) is 0 Å². The predicted octanol–water partition coefficient (Wildman–Crippen LogP) is 0.250. The second-order valence-electron chi connectivity index (χ2n) is 4.60. The van der Waals surface area contributed by atoms with E-state index in [0.29, 0.717) is 13.0 Å². The Labute approximate surface area is 103 Å². The molecule has 1 rings (SSSR count). The lowest BCUT2D eigenvalue weighted by Crippen LogP contribution is -2.54. The fourth-order valence-corrected chi connectivity index (χ4v) is 2.25. The van der Waals surface area contributed by atoms with Gasteiger partial charge in [-0.05, 0) is 26.3 Å². The first kappa shape index (κ1) is 14.4. The molecule has 1 aliphatic rings. The molecule has 0 bridgehead atoms. The van der Waals surface area contributed by atoms with E-state index in [1.165, 1.54) is 7.11 Å². The third-order valence-electron chi connectivity index (χ3n) is 3.46. The van der Waals surface area contributed by atoms with Crippen molar-refractivity contribution in [2.75, 3.05) is 47.0 Å². The molecule has 0 spiro atoms. The van der Waals surface area contributed by atoms with E-state index >= 15 is 0 Å². The van der Waals surface area contributed by atoms with Crippen LogP contribution in [-0.2, 0) is 14.3 Å². The summed E-state index contributed by atoms with van der Waals surface area (Å²) in [4.78, 5) is 14.2. The summed E-state index contributed by atoms with van der Waals surface area (Å²) < 4.78 is 10.1. The van der Waals surface area contributed by atoms with Crippen LogP contribution in [0.2, 0.25) is 0 Å². The molecule has 0 aromatic heterocycles. The molecule has 5 nitrogen and oxygen atoms in total. The minimum Gasteiger partial charge on any atom is -0.468 e. The van der Waals surface area contributed by atoms with E-state index in [2.05, 4.69) is 10.2 Å². The maximum absolute atomic E-state index is 12.0. The van der Waals surface area contributed by atoms with Gasteiger partial charge in [-0.3, -0.25) is 9.69 Å². The molecule has 1 aliphatic heterocycles. The normalized spacial score (nSPS) is 21.6. The lowest BCUT2D eigenvalue weighted by Gasteiger charge is -2.38. The van der Waals surface area contributed by atoms with Crippen LogP contribution in [-0.4, -0.2) is 63.4 Å². The number of esters is 1. The molecule has 0 amide bonds. The smallest absolute Gasteiger partial charge is 0.326 e. The number of rotatable bonds is 5. The van der Waals surface area contributed by atoms with Crippen LogP contribution in [0.5, 0.6) is 0 Å². The molecule has 1 atom stereocenters. The summed E-state index contributed by atoms with van der Waals surface area (Å²) in [5, 5.41) is 3.34. The molecule has 17 heavy (non-hydrogen) atoms. The highest BCUT2D eigenvalue weighted by molar-refractivity contribution is 5.80. The molecular formula is C12H24N2O3. The average Bonchev–Trinajstić information content (AvgIpc) is 2.64. The lowest BCUT2D eigenvalue weighted by atomic mass is 9.95. The first-order valence-electron chi connectivity index (χ1n) is 6.18. The first-order chi connectivity index (χ1) is 8.15. The third kappa shape index (κ3) is 3.66. The van der Waals surface area contributed by atoms with Gasteiger partial charge in [0.05, 0.1) is 7.11 Å². The number of carbonyl (C=O) groups excluding carboxylic acids is 1. The lowest BCUT2D eigenvalue weighted by molar-refractivity contribution is -0.155.